The second-order valence-electron chi connectivity index (χ2n) is 7.51. The molecule has 0 radical (unpaired) electrons. The van der Waals surface area contributed by atoms with E-state index in [1.165, 1.54) is 11.0 Å². The fourth-order valence-corrected chi connectivity index (χ4v) is 3.88. The van der Waals surface area contributed by atoms with Crippen LogP contribution in [-0.2, 0) is 16.1 Å². The Morgan fingerprint density at radius 2 is 2.09 bits per heavy atom. The summed E-state index contributed by atoms with van der Waals surface area (Å²) in [6.45, 7) is 0.727. The Labute approximate surface area is 182 Å². The van der Waals surface area contributed by atoms with E-state index in [4.69, 9.17) is 9.47 Å². The summed E-state index contributed by atoms with van der Waals surface area (Å²) in [5.74, 6) is -0.435. The summed E-state index contributed by atoms with van der Waals surface area (Å²) in [6.07, 6.45) is 0.891. The number of carbonyl (C=O) groups excluding carboxylic acids is 2. The van der Waals surface area contributed by atoms with Crippen molar-refractivity contribution in [3.63, 3.8) is 0 Å². The molecule has 9 nitrogen and oxygen atoms in total. The lowest BCUT2D eigenvalue weighted by atomic mass is 10.0. The number of carbonyl (C=O) groups is 2. The Kier molecular flexibility index (Phi) is 5.06. The maximum absolute atomic E-state index is 14.3. The number of hydrogen-bond acceptors (Lipinski definition) is 6. The summed E-state index contributed by atoms with van der Waals surface area (Å²) < 4.78 is 27.4. The van der Waals surface area contributed by atoms with Gasteiger partial charge in [-0.25, -0.2) is 9.37 Å². The number of hydrogen-bond donors (Lipinski definition) is 1. The molecule has 2 aliphatic heterocycles. The lowest BCUT2D eigenvalue weighted by Gasteiger charge is -2.24. The largest absolute Gasteiger partial charge is 0.487 e. The number of benzene rings is 1. The molecule has 5 rings (SSSR count). The van der Waals surface area contributed by atoms with Crippen LogP contribution in [0.2, 0.25) is 0 Å². The highest BCUT2D eigenvalue weighted by molar-refractivity contribution is 6.02. The van der Waals surface area contributed by atoms with Gasteiger partial charge in [0.2, 0.25) is 0 Å². The van der Waals surface area contributed by atoms with Crippen molar-refractivity contribution in [2.24, 2.45) is 0 Å². The third-order valence-electron chi connectivity index (χ3n) is 5.50. The summed E-state index contributed by atoms with van der Waals surface area (Å²) in [6, 6.07) is 10.4. The number of pyridine rings is 1. The monoisotopic (exact) mass is 437 g/mol. The molecule has 32 heavy (non-hydrogen) atoms. The van der Waals surface area contributed by atoms with E-state index in [0.717, 1.165) is 0 Å². The molecule has 0 saturated carbocycles. The molecule has 1 aromatic carbocycles. The minimum atomic E-state index is -0.918. The molecule has 3 aromatic rings. The molecule has 0 saturated heterocycles. The van der Waals surface area contributed by atoms with Crippen molar-refractivity contribution >= 4 is 17.6 Å². The summed E-state index contributed by atoms with van der Waals surface area (Å²) in [5, 5.41) is 7.04. The Morgan fingerprint density at radius 1 is 1.25 bits per heavy atom. The van der Waals surface area contributed by atoms with Crippen molar-refractivity contribution in [3.05, 3.63) is 71.4 Å². The first-order chi connectivity index (χ1) is 15.5. The second-order valence-corrected chi connectivity index (χ2v) is 7.51. The molecule has 164 valence electrons. The van der Waals surface area contributed by atoms with Crippen molar-refractivity contribution in [1.82, 2.24) is 20.1 Å². The maximum Gasteiger partial charge on any atom is 0.272 e. The van der Waals surface area contributed by atoms with Crippen molar-refractivity contribution < 1.29 is 23.5 Å². The summed E-state index contributed by atoms with van der Waals surface area (Å²) in [7, 11) is 1.58. The van der Waals surface area contributed by atoms with Crippen LogP contribution in [0.5, 0.6) is 5.75 Å². The van der Waals surface area contributed by atoms with Gasteiger partial charge < -0.3 is 14.8 Å². The molecule has 0 aliphatic carbocycles. The van der Waals surface area contributed by atoms with E-state index < -0.39 is 23.9 Å². The predicted octanol–water partition coefficient (Wildman–Crippen LogP) is 1.69. The zero-order chi connectivity index (χ0) is 22.2. The highest BCUT2D eigenvalue weighted by atomic mass is 19.1. The predicted molar refractivity (Wildman–Crippen MR) is 111 cm³/mol. The fraction of sp³-hybridized carbons (Fsp3) is 0.273. The molecule has 2 aromatic heterocycles. The number of anilines is 1. The van der Waals surface area contributed by atoms with Crippen molar-refractivity contribution in [2.75, 3.05) is 25.2 Å². The molecular weight excluding hydrogens is 417 g/mol. The van der Waals surface area contributed by atoms with Gasteiger partial charge in [-0.1, -0.05) is 18.2 Å². The third kappa shape index (κ3) is 3.48. The van der Waals surface area contributed by atoms with E-state index in [9.17, 15) is 14.0 Å². The number of fused-ring (bicyclic) bond motifs is 2. The van der Waals surface area contributed by atoms with Crippen molar-refractivity contribution in [2.45, 2.75) is 18.7 Å². The summed E-state index contributed by atoms with van der Waals surface area (Å²) >= 11 is 0. The van der Waals surface area contributed by atoms with Crippen LogP contribution < -0.4 is 15.0 Å². The molecule has 10 heteroatoms. The third-order valence-corrected chi connectivity index (χ3v) is 5.50. The molecule has 2 amide bonds. The zero-order valence-electron chi connectivity index (χ0n) is 17.2. The van der Waals surface area contributed by atoms with E-state index >= 15 is 0 Å². The lowest BCUT2D eigenvalue weighted by Crippen LogP contribution is -2.49. The van der Waals surface area contributed by atoms with Crippen LogP contribution in [-0.4, -0.2) is 52.9 Å². The number of likely N-dealkylation sites (N-methyl/N-ethyl adjacent to an activating group) is 1. The van der Waals surface area contributed by atoms with Crippen LogP contribution in [0.15, 0.2) is 48.7 Å². The number of ether oxygens (including phenoxy) is 2. The topological polar surface area (TPSA) is 98.6 Å². The van der Waals surface area contributed by atoms with Crippen molar-refractivity contribution in [3.8, 4) is 5.75 Å². The van der Waals surface area contributed by atoms with Crippen molar-refractivity contribution in [1.29, 1.82) is 0 Å². The normalized spacial score (nSPS) is 20.1. The van der Waals surface area contributed by atoms with Crippen LogP contribution in [0, 0.1) is 5.82 Å². The van der Waals surface area contributed by atoms with E-state index in [-0.39, 0.29) is 18.2 Å². The van der Waals surface area contributed by atoms with Gasteiger partial charge in [-0.15, -0.1) is 0 Å². The average Bonchev–Trinajstić information content (AvgIpc) is 3.22. The van der Waals surface area contributed by atoms with Gasteiger partial charge >= 0.3 is 0 Å². The van der Waals surface area contributed by atoms with E-state index in [1.807, 2.05) is 0 Å². The minimum absolute atomic E-state index is 0.0395. The minimum Gasteiger partial charge on any atom is -0.487 e. The van der Waals surface area contributed by atoms with Crippen LogP contribution in [0.3, 0.4) is 0 Å². The first-order valence-corrected chi connectivity index (χ1v) is 10.1. The van der Waals surface area contributed by atoms with Gasteiger partial charge in [0, 0.05) is 18.8 Å². The van der Waals surface area contributed by atoms with Crippen LogP contribution >= 0.6 is 0 Å². The standard InChI is InChI=1S/C22H20FN5O4/c1-27-20-18(7-4-8-24-20)32-12-16(22(27)30)25-21(29)15-11-17-19(31-10-9-28(17)26-15)13-5-2-3-6-14(13)23/h2-8,11,16,19H,9-10,12H2,1H3,(H,25,29). The number of nitrogens with one attached hydrogen (secondary N) is 1. The molecule has 1 N–H and O–H groups in total. The van der Waals surface area contributed by atoms with E-state index in [1.54, 1.807) is 54.3 Å². The smallest absolute Gasteiger partial charge is 0.272 e. The average molecular weight is 437 g/mol. The fourth-order valence-electron chi connectivity index (χ4n) is 3.88. The highest BCUT2D eigenvalue weighted by Crippen LogP contribution is 2.31. The van der Waals surface area contributed by atoms with E-state index in [2.05, 4.69) is 15.4 Å². The molecule has 0 fully saturated rings. The van der Waals surface area contributed by atoms with Gasteiger partial charge in [0.15, 0.2) is 17.3 Å². The van der Waals surface area contributed by atoms with Gasteiger partial charge in [0.05, 0.1) is 18.8 Å². The number of amides is 2. The number of rotatable bonds is 3. The summed E-state index contributed by atoms with van der Waals surface area (Å²) in [4.78, 5) is 31.3. The molecule has 2 aliphatic rings. The second kappa shape index (κ2) is 8.04. The molecule has 2 atom stereocenters. The summed E-state index contributed by atoms with van der Waals surface area (Å²) in [5.41, 5.74) is 1.06. The quantitative estimate of drug-likeness (QED) is 0.670. The molecular formula is C22H20FN5O4. The Hall–Kier alpha value is -3.79. The first-order valence-electron chi connectivity index (χ1n) is 10.1. The number of aromatic nitrogens is 3. The Balaban J connectivity index is 1.37. The number of nitrogens with zero attached hydrogens (tertiary/aromatic N) is 4. The zero-order valence-corrected chi connectivity index (χ0v) is 17.2. The van der Waals surface area contributed by atoms with Crippen LogP contribution in [0.1, 0.15) is 27.8 Å². The molecule has 0 spiro atoms. The Bertz CT molecular complexity index is 1200. The van der Waals surface area contributed by atoms with Gasteiger partial charge in [-0.05, 0) is 24.3 Å². The molecule has 0 bridgehead atoms. The van der Waals surface area contributed by atoms with Gasteiger partial charge in [-0.3, -0.25) is 19.2 Å². The van der Waals surface area contributed by atoms with Gasteiger partial charge in [0.25, 0.3) is 11.8 Å². The Morgan fingerprint density at radius 3 is 2.94 bits per heavy atom. The number of halogens is 1. The van der Waals surface area contributed by atoms with E-state index in [0.29, 0.717) is 36.0 Å². The highest BCUT2D eigenvalue weighted by Gasteiger charge is 2.33. The molecule has 2 unspecified atom stereocenters. The van der Waals surface area contributed by atoms with Gasteiger partial charge in [-0.2, -0.15) is 5.10 Å². The lowest BCUT2D eigenvalue weighted by molar-refractivity contribution is -0.120. The molecule has 4 heterocycles. The first kappa shape index (κ1) is 20.1. The van der Waals surface area contributed by atoms with Gasteiger partial charge in [0.1, 0.15) is 24.6 Å². The van der Waals surface area contributed by atoms with Crippen LogP contribution in [0.25, 0.3) is 0 Å². The van der Waals surface area contributed by atoms with Crippen LogP contribution in [0.4, 0.5) is 10.2 Å². The SMILES string of the molecule is CN1C(=O)C(NC(=O)c2cc3n(n2)CCOC3c2ccccc2F)COc2cccnc21. The maximum atomic E-state index is 14.3.